The number of amides is 1. The lowest BCUT2D eigenvalue weighted by Crippen LogP contribution is -2.41. The smallest absolute Gasteiger partial charge is 0.292 e. The molecule has 2 aromatic carbocycles. The number of benzene rings is 2. The zero-order chi connectivity index (χ0) is 19.4. The van der Waals surface area contributed by atoms with Crippen LogP contribution < -0.4 is 4.74 Å². The summed E-state index contributed by atoms with van der Waals surface area (Å²) >= 11 is 0. The first-order chi connectivity index (χ1) is 13.0. The van der Waals surface area contributed by atoms with E-state index in [1.807, 2.05) is 0 Å². The topological polar surface area (TPSA) is 125 Å². The van der Waals surface area contributed by atoms with Gasteiger partial charge in [-0.15, -0.1) is 0 Å². The molecule has 2 aromatic rings. The molecule has 0 bridgehead atoms. The van der Waals surface area contributed by atoms with Crippen LogP contribution in [-0.4, -0.2) is 47.0 Å². The number of ether oxygens (including phenoxy) is 2. The molecule has 1 saturated heterocycles. The SMILES string of the molecule is O=C(c1c([N+](=O)[O-])cc(Oc2ccccc2)cc1[N+](=O)[O-])N1CCOCC1. The Labute approximate surface area is 153 Å². The molecule has 0 aromatic heterocycles. The molecule has 0 atom stereocenters. The molecule has 140 valence electrons. The highest BCUT2D eigenvalue weighted by atomic mass is 16.6. The normalized spacial score (nSPS) is 13.9. The van der Waals surface area contributed by atoms with Crippen LogP contribution in [0.4, 0.5) is 11.4 Å². The number of para-hydroxylation sites is 1. The molecule has 10 heteroatoms. The monoisotopic (exact) mass is 373 g/mol. The largest absolute Gasteiger partial charge is 0.457 e. The van der Waals surface area contributed by atoms with Crippen LogP contribution in [0.25, 0.3) is 0 Å². The molecule has 0 radical (unpaired) electrons. The Hall–Kier alpha value is -3.53. The fraction of sp³-hybridized carbons (Fsp3) is 0.235. The third-order valence-electron chi connectivity index (χ3n) is 3.95. The first-order valence-electron chi connectivity index (χ1n) is 8.04. The van der Waals surface area contributed by atoms with Crippen LogP contribution >= 0.6 is 0 Å². The number of nitrogens with zero attached hydrogens (tertiary/aromatic N) is 3. The van der Waals surface area contributed by atoms with Crippen LogP contribution in [0.15, 0.2) is 42.5 Å². The van der Waals surface area contributed by atoms with Gasteiger partial charge in [-0.1, -0.05) is 18.2 Å². The zero-order valence-electron chi connectivity index (χ0n) is 14.1. The van der Waals surface area contributed by atoms with Crippen molar-refractivity contribution in [2.45, 2.75) is 0 Å². The summed E-state index contributed by atoms with van der Waals surface area (Å²) in [7, 11) is 0. The van der Waals surface area contributed by atoms with Crippen molar-refractivity contribution >= 4 is 17.3 Å². The second-order valence-electron chi connectivity index (χ2n) is 5.67. The molecule has 0 aliphatic carbocycles. The van der Waals surface area contributed by atoms with E-state index < -0.39 is 32.7 Å². The Balaban J connectivity index is 2.07. The molecule has 1 aliphatic heterocycles. The van der Waals surface area contributed by atoms with E-state index >= 15 is 0 Å². The summed E-state index contributed by atoms with van der Waals surface area (Å²) in [6.45, 7) is 0.940. The molecule has 0 N–H and O–H groups in total. The maximum Gasteiger partial charge on any atom is 0.292 e. The maximum atomic E-state index is 12.7. The molecule has 1 fully saturated rings. The van der Waals surface area contributed by atoms with Gasteiger partial charge in [0, 0.05) is 13.1 Å². The first-order valence-corrected chi connectivity index (χ1v) is 8.04. The van der Waals surface area contributed by atoms with Gasteiger partial charge in [0.1, 0.15) is 11.5 Å². The molecule has 0 unspecified atom stereocenters. The fourth-order valence-electron chi connectivity index (χ4n) is 2.70. The van der Waals surface area contributed by atoms with E-state index in [1.54, 1.807) is 30.3 Å². The molecule has 0 spiro atoms. The summed E-state index contributed by atoms with van der Waals surface area (Å²) in [4.78, 5) is 35.4. The van der Waals surface area contributed by atoms with Gasteiger partial charge >= 0.3 is 0 Å². The predicted octanol–water partition coefficient (Wildman–Crippen LogP) is 2.77. The van der Waals surface area contributed by atoms with Crippen LogP contribution in [0.2, 0.25) is 0 Å². The van der Waals surface area contributed by atoms with Crippen molar-refractivity contribution in [3.8, 4) is 11.5 Å². The maximum absolute atomic E-state index is 12.7. The van der Waals surface area contributed by atoms with Crippen molar-refractivity contribution in [2.75, 3.05) is 26.3 Å². The van der Waals surface area contributed by atoms with E-state index in [0.717, 1.165) is 12.1 Å². The minimum Gasteiger partial charge on any atom is -0.457 e. The van der Waals surface area contributed by atoms with Gasteiger partial charge in [0.15, 0.2) is 5.56 Å². The van der Waals surface area contributed by atoms with Gasteiger partial charge in [-0.3, -0.25) is 25.0 Å². The third kappa shape index (κ3) is 4.01. The van der Waals surface area contributed by atoms with Crippen LogP contribution in [-0.2, 0) is 4.74 Å². The Morgan fingerprint density at radius 3 is 2.04 bits per heavy atom. The molecule has 3 rings (SSSR count). The van der Waals surface area contributed by atoms with Gasteiger partial charge in [0.25, 0.3) is 17.3 Å². The predicted molar refractivity (Wildman–Crippen MR) is 93.0 cm³/mol. The third-order valence-corrected chi connectivity index (χ3v) is 3.95. The van der Waals surface area contributed by atoms with Crippen LogP contribution in [0.5, 0.6) is 11.5 Å². The first kappa shape index (κ1) is 18.3. The second kappa shape index (κ2) is 7.79. The summed E-state index contributed by atoms with van der Waals surface area (Å²) in [6, 6.07) is 10.4. The van der Waals surface area contributed by atoms with Gasteiger partial charge in [-0.2, -0.15) is 0 Å². The molecule has 1 heterocycles. The highest BCUT2D eigenvalue weighted by Gasteiger charge is 2.35. The Bertz CT molecular complexity index is 844. The number of morpholine rings is 1. The molecule has 27 heavy (non-hydrogen) atoms. The Morgan fingerprint density at radius 2 is 1.52 bits per heavy atom. The fourth-order valence-corrected chi connectivity index (χ4v) is 2.70. The number of nitro groups is 2. The van der Waals surface area contributed by atoms with Crippen molar-refractivity contribution in [2.24, 2.45) is 0 Å². The van der Waals surface area contributed by atoms with Crippen LogP contribution in [0, 0.1) is 20.2 Å². The van der Waals surface area contributed by atoms with E-state index in [4.69, 9.17) is 9.47 Å². The van der Waals surface area contributed by atoms with Crippen molar-refractivity contribution in [1.82, 2.24) is 4.90 Å². The zero-order valence-corrected chi connectivity index (χ0v) is 14.1. The number of carbonyl (C=O) groups excluding carboxylic acids is 1. The summed E-state index contributed by atoms with van der Waals surface area (Å²) in [5.74, 6) is -0.519. The van der Waals surface area contributed by atoms with E-state index in [2.05, 4.69) is 0 Å². The Morgan fingerprint density at radius 1 is 0.963 bits per heavy atom. The molecule has 1 amide bonds. The highest BCUT2D eigenvalue weighted by molar-refractivity contribution is 6.02. The summed E-state index contributed by atoms with van der Waals surface area (Å²) < 4.78 is 10.6. The molecular formula is C17H15N3O7. The lowest BCUT2D eigenvalue weighted by Gasteiger charge is -2.26. The van der Waals surface area contributed by atoms with Gasteiger partial charge in [-0.05, 0) is 12.1 Å². The standard InChI is InChI=1S/C17H15N3O7/c21-17(18-6-8-26-9-7-18)16-14(19(22)23)10-13(11-15(16)20(24)25)27-12-4-2-1-3-5-12/h1-5,10-11H,6-9H2. The van der Waals surface area contributed by atoms with E-state index in [-0.39, 0.29) is 32.1 Å². The lowest BCUT2D eigenvalue weighted by molar-refractivity contribution is -0.394. The van der Waals surface area contributed by atoms with Gasteiger partial charge < -0.3 is 14.4 Å². The summed E-state index contributed by atoms with van der Waals surface area (Å²) in [5, 5.41) is 23.0. The van der Waals surface area contributed by atoms with Crippen molar-refractivity contribution < 1.29 is 24.1 Å². The van der Waals surface area contributed by atoms with E-state index in [0.29, 0.717) is 5.75 Å². The van der Waals surface area contributed by atoms with Gasteiger partial charge in [0.05, 0.1) is 35.2 Å². The van der Waals surface area contributed by atoms with E-state index in [1.165, 1.54) is 4.90 Å². The molecular weight excluding hydrogens is 358 g/mol. The number of nitro benzene ring substituents is 2. The molecule has 10 nitrogen and oxygen atoms in total. The number of hydrogen-bond donors (Lipinski definition) is 0. The average molecular weight is 373 g/mol. The highest BCUT2D eigenvalue weighted by Crippen LogP contribution is 2.36. The van der Waals surface area contributed by atoms with Crippen LogP contribution in [0.3, 0.4) is 0 Å². The quantitative estimate of drug-likeness (QED) is 0.583. The van der Waals surface area contributed by atoms with E-state index in [9.17, 15) is 25.0 Å². The minimum atomic E-state index is -0.821. The van der Waals surface area contributed by atoms with Gasteiger partial charge in [-0.25, -0.2) is 0 Å². The minimum absolute atomic E-state index is 0.0990. The van der Waals surface area contributed by atoms with Crippen LogP contribution in [0.1, 0.15) is 10.4 Å². The molecule has 0 saturated carbocycles. The van der Waals surface area contributed by atoms with Crippen molar-refractivity contribution in [1.29, 1.82) is 0 Å². The Kier molecular flexibility index (Phi) is 5.27. The number of hydrogen-bond acceptors (Lipinski definition) is 7. The van der Waals surface area contributed by atoms with Gasteiger partial charge in [0.2, 0.25) is 0 Å². The van der Waals surface area contributed by atoms with Crippen molar-refractivity contribution in [3.63, 3.8) is 0 Å². The average Bonchev–Trinajstić information content (AvgIpc) is 2.68. The summed E-state index contributed by atoms with van der Waals surface area (Å²) in [5.41, 5.74) is -1.91. The number of carbonyl (C=O) groups is 1. The number of rotatable bonds is 5. The van der Waals surface area contributed by atoms with Crippen molar-refractivity contribution in [3.05, 3.63) is 68.3 Å². The lowest BCUT2D eigenvalue weighted by atomic mass is 10.1. The summed E-state index contributed by atoms with van der Waals surface area (Å²) in [6.07, 6.45) is 0. The molecule has 1 aliphatic rings. The second-order valence-corrected chi connectivity index (χ2v) is 5.67.